The number of nitrogens with one attached hydrogen (secondary N) is 2. The van der Waals surface area contributed by atoms with Crippen molar-refractivity contribution in [2.24, 2.45) is 5.92 Å². The van der Waals surface area contributed by atoms with E-state index in [4.69, 9.17) is 9.47 Å². The van der Waals surface area contributed by atoms with Gasteiger partial charge in [-0.2, -0.15) is 0 Å². The molecule has 1 fully saturated rings. The second-order valence-corrected chi connectivity index (χ2v) is 6.64. The first-order chi connectivity index (χ1) is 12.2. The average molecular weight is 342 g/mol. The van der Waals surface area contributed by atoms with Crippen LogP contribution in [0.2, 0.25) is 0 Å². The predicted molar refractivity (Wildman–Crippen MR) is 91.6 cm³/mol. The minimum atomic E-state index is -0.0695. The quantitative estimate of drug-likeness (QED) is 0.865. The molecule has 1 atom stereocenters. The molecule has 7 heteroatoms. The topological polar surface area (TPSA) is 79.5 Å². The number of carbonyl (C=O) groups is 1. The van der Waals surface area contributed by atoms with Gasteiger partial charge in [0.15, 0.2) is 11.5 Å². The molecule has 1 amide bonds. The summed E-state index contributed by atoms with van der Waals surface area (Å²) in [5.41, 5.74) is 2.83. The number of hydrogen-bond acceptors (Lipinski definition) is 5. The summed E-state index contributed by atoms with van der Waals surface area (Å²) in [5, 5.41) is 3.04. The van der Waals surface area contributed by atoms with Crippen LogP contribution >= 0.6 is 0 Å². The van der Waals surface area contributed by atoms with Crippen LogP contribution in [0, 0.1) is 12.8 Å². The van der Waals surface area contributed by atoms with Gasteiger partial charge in [-0.05, 0) is 44.0 Å². The lowest BCUT2D eigenvalue weighted by atomic mass is 10.1. The number of amides is 1. The summed E-state index contributed by atoms with van der Waals surface area (Å²) in [6.45, 7) is 5.82. The van der Waals surface area contributed by atoms with Gasteiger partial charge in [0.05, 0.1) is 12.0 Å². The Kier molecular flexibility index (Phi) is 4.31. The van der Waals surface area contributed by atoms with Crippen LogP contribution in [-0.4, -0.2) is 47.2 Å². The zero-order chi connectivity index (χ0) is 17.2. The molecule has 2 N–H and O–H groups in total. The Bertz CT molecular complexity index is 773. The smallest absolute Gasteiger partial charge is 0.251 e. The number of aromatic nitrogens is 2. The predicted octanol–water partition coefficient (Wildman–Crippen LogP) is 1.70. The molecule has 1 aromatic carbocycles. The van der Waals surface area contributed by atoms with Crippen molar-refractivity contribution in [2.45, 2.75) is 19.9 Å². The number of rotatable bonds is 5. The number of imidazole rings is 1. The van der Waals surface area contributed by atoms with Gasteiger partial charge in [-0.15, -0.1) is 0 Å². The zero-order valence-electron chi connectivity index (χ0n) is 14.2. The van der Waals surface area contributed by atoms with Crippen molar-refractivity contribution in [3.05, 3.63) is 41.5 Å². The van der Waals surface area contributed by atoms with E-state index < -0.39 is 0 Å². The third-order valence-electron chi connectivity index (χ3n) is 4.86. The van der Waals surface area contributed by atoms with Crippen molar-refractivity contribution in [3.8, 4) is 11.5 Å². The molecule has 7 nitrogen and oxygen atoms in total. The molecular weight excluding hydrogens is 320 g/mol. The van der Waals surface area contributed by atoms with Crippen LogP contribution in [0.4, 0.5) is 0 Å². The van der Waals surface area contributed by atoms with E-state index in [9.17, 15) is 4.79 Å². The number of likely N-dealkylation sites (tertiary alicyclic amines) is 1. The summed E-state index contributed by atoms with van der Waals surface area (Å²) in [4.78, 5) is 22.2. The molecule has 0 aliphatic carbocycles. The van der Waals surface area contributed by atoms with Crippen LogP contribution in [0.5, 0.6) is 11.5 Å². The summed E-state index contributed by atoms with van der Waals surface area (Å²) >= 11 is 0. The first kappa shape index (κ1) is 16.0. The number of carbonyl (C=O) groups excluding carboxylic acids is 1. The Morgan fingerprint density at radius 3 is 3.12 bits per heavy atom. The highest BCUT2D eigenvalue weighted by Crippen LogP contribution is 2.32. The van der Waals surface area contributed by atoms with Crippen LogP contribution in [-0.2, 0) is 6.54 Å². The normalized spacial score (nSPS) is 19.3. The van der Waals surface area contributed by atoms with Crippen molar-refractivity contribution in [3.63, 3.8) is 0 Å². The number of ether oxygens (including phenoxy) is 2. The highest BCUT2D eigenvalue weighted by molar-refractivity contribution is 5.94. The fourth-order valence-corrected chi connectivity index (χ4v) is 3.36. The van der Waals surface area contributed by atoms with E-state index >= 15 is 0 Å². The van der Waals surface area contributed by atoms with Gasteiger partial charge in [0, 0.05) is 30.9 Å². The summed E-state index contributed by atoms with van der Waals surface area (Å²) in [7, 11) is 0. The zero-order valence-corrected chi connectivity index (χ0v) is 14.2. The molecule has 0 radical (unpaired) electrons. The molecule has 2 aliphatic rings. The average Bonchev–Trinajstić information content (AvgIpc) is 3.34. The summed E-state index contributed by atoms with van der Waals surface area (Å²) in [5.74, 6) is 1.72. The largest absolute Gasteiger partial charge is 0.454 e. The number of fused-ring (bicyclic) bond motifs is 1. The van der Waals surface area contributed by atoms with Gasteiger partial charge in [0.25, 0.3) is 5.91 Å². The fraction of sp³-hybridized carbons (Fsp3) is 0.444. The van der Waals surface area contributed by atoms with Gasteiger partial charge in [0.1, 0.15) is 0 Å². The van der Waals surface area contributed by atoms with Crippen molar-refractivity contribution in [1.82, 2.24) is 20.2 Å². The number of nitrogens with zero attached hydrogens (tertiary/aromatic N) is 2. The van der Waals surface area contributed by atoms with E-state index in [1.807, 2.05) is 6.92 Å². The first-order valence-electron chi connectivity index (χ1n) is 8.58. The van der Waals surface area contributed by atoms with Crippen LogP contribution < -0.4 is 14.8 Å². The number of aryl methyl sites for hydroxylation is 1. The standard InChI is InChI=1S/C18H22N4O3/c1-12-15(21-10-20-12)9-22-5-4-13(8-22)7-19-18(23)14-2-3-16-17(6-14)25-11-24-16/h2-3,6,10,13H,4-5,7-9,11H2,1H3,(H,19,23)(H,20,21). The maximum atomic E-state index is 12.3. The Morgan fingerprint density at radius 1 is 1.40 bits per heavy atom. The molecule has 2 aromatic rings. The van der Waals surface area contributed by atoms with Crippen LogP contribution in [0.25, 0.3) is 0 Å². The van der Waals surface area contributed by atoms with Gasteiger partial charge in [-0.25, -0.2) is 4.98 Å². The van der Waals surface area contributed by atoms with Gasteiger partial charge < -0.3 is 19.8 Å². The van der Waals surface area contributed by atoms with Gasteiger partial charge in [-0.1, -0.05) is 0 Å². The van der Waals surface area contributed by atoms with Crippen molar-refractivity contribution in [2.75, 3.05) is 26.4 Å². The lowest BCUT2D eigenvalue weighted by Crippen LogP contribution is -2.31. The van der Waals surface area contributed by atoms with E-state index in [0.717, 1.165) is 37.4 Å². The van der Waals surface area contributed by atoms with Crippen molar-refractivity contribution in [1.29, 1.82) is 0 Å². The highest BCUT2D eigenvalue weighted by Gasteiger charge is 2.24. The summed E-state index contributed by atoms with van der Waals surface area (Å²) < 4.78 is 10.6. The Labute approximate surface area is 146 Å². The molecule has 1 unspecified atom stereocenters. The lowest BCUT2D eigenvalue weighted by Gasteiger charge is -2.15. The van der Waals surface area contributed by atoms with Crippen LogP contribution in [0.3, 0.4) is 0 Å². The molecule has 3 heterocycles. The van der Waals surface area contributed by atoms with Crippen LogP contribution in [0.15, 0.2) is 24.5 Å². The number of H-pyrrole nitrogens is 1. The minimum Gasteiger partial charge on any atom is -0.454 e. The van der Waals surface area contributed by atoms with Gasteiger partial charge in [0.2, 0.25) is 6.79 Å². The minimum absolute atomic E-state index is 0.0695. The fourth-order valence-electron chi connectivity index (χ4n) is 3.36. The first-order valence-corrected chi connectivity index (χ1v) is 8.58. The molecule has 0 saturated carbocycles. The van der Waals surface area contributed by atoms with E-state index in [1.54, 1.807) is 24.5 Å². The van der Waals surface area contributed by atoms with E-state index in [0.29, 0.717) is 29.5 Å². The Morgan fingerprint density at radius 2 is 2.28 bits per heavy atom. The third-order valence-corrected chi connectivity index (χ3v) is 4.86. The molecule has 0 bridgehead atoms. The van der Waals surface area contributed by atoms with Gasteiger partial charge >= 0.3 is 0 Å². The Balaban J connectivity index is 1.27. The molecule has 2 aliphatic heterocycles. The second kappa shape index (κ2) is 6.76. The number of benzene rings is 1. The number of aromatic amines is 1. The molecule has 1 saturated heterocycles. The maximum Gasteiger partial charge on any atom is 0.251 e. The molecular formula is C18H22N4O3. The van der Waals surface area contributed by atoms with E-state index in [1.165, 1.54) is 0 Å². The molecule has 25 heavy (non-hydrogen) atoms. The summed E-state index contributed by atoms with van der Waals surface area (Å²) in [6.07, 6.45) is 2.83. The maximum absolute atomic E-state index is 12.3. The van der Waals surface area contributed by atoms with Crippen LogP contribution in [0.1, 0.15) is 28.2 Å². The Hall–Kier alpha value is -2.54. The molecule has 0 spiro atoms. The van der Waals surface area contributed by atoms with Crippen molar-refractivity contribution < 1.29 is 14.3 Å². The SMILES string of the molecule is Cc1[nH]cnc1CN1CCC(CNC(=O)c2ccc3c(c2)OCO3)C1. The van der Waals surface area contributed by atoms with E-state index in [2.05, 4.69) is 20.2 Å². The second-order valence-electron chi connectivity index (χ2n) is 6.64. The third kappa shape index (κ3) is 3.46. The van der Waals surface area contributed by atoms with Gasteiger partial charge in [-0.3, -0.25) is 9.69 Å². The van der Waals surface area contributed by atoms with Crippen molar-refractivity contribution >= 4 is 5.91 Å². The monoisotopic (exact) mass is 342 g/mol. The summed E-state index contributed by atoms with van der Waals surface area (Å²) in [6, 6.07) is 5.28. The molecule has 4 rings (SSSR count). The lowest BCUT2D eigenvalue weighted by molar-refractivity contribution is 0.0947. The van der Waals surface area contributed by atoms with E-state index in [-0.39, 0.29) is 12.7 Å². The number of hydrogen-bond donors (Lipinski definition) is 2. The molecule has 132 valence electrons. The molecule has 1 aromatic heterocycles. The highest BCUT2D eigenvalue weighted by atomic mass is 16.7.